The number of carbonyl (C=O) groups excluding carboxylic acids is 1. The first-order valence-electron chi connectivity index (χ1n) is 10.5. The molecule has 1 aliphatic heterocycles. The van der Waals surface area contributed by atoms with Gasteiger partial charge in [0.1, 0.15) is 5.75 Å². The largest absolute Gasteiger partial charge is 0.491 e. The molecule has 4 rings (SSSR count). The Hall–Kier alpha value is -3.19. The number of hydrogen-bond acceptors (Lipinski definition) is 4. The fraction of sp³-hybridized carbons (Fsp3) is 0.346. The highest BCUT2D eigenvalue weighted by atomic mass is 16.5. The standard InChI is InChI=1S/C26H26N2O2/c1-16(2)30-24-12-8-7-11-20(24)25-21(15-27)17(3)28-22-13-19(14-23(29)26(22)25)18-9-5-4-6-10-18/h4-12,16,19,21,25H,13-14H2,1-3H3. The highest BCUT2D eigenvalue weighted by molar-refractivity contribution is 6.03. The summed E-state index contributed by atoms with van der Waals surface area (Å²) >= 11 is 0. The Morgan fingerprint density at radius 3 is 2.47 bits per heavy atom. The van der Waals surface area contributed by atoms with Crippen molar-refractivity contribution in [3.05, 3.63) is 77.0 Å². The molecule has 0 bridgehead atoms. The number of nitrogens with zero attached hydrogens (tertiary/aromatic N) is 2. The first-order valence-corrected chi connectivity index (χ1v) is 10.5. The van der Waals surface area contributed by atoms with Crippen molar-refractivity contribution in [3.8, 4) is 11.8 Å². The minimum Gasteiger partial charge on any atom is -0.491 e. The number of hydrogen-bond donors (Lipinski definition) is 0. The number of nitriles is 1. The van der Waals surface area contributed by atoms with E-state index in [1.54, 1.807) is 0 Å². The van der Waals surface area contributed by atoms with Crippen LogP contribution in [0.15, 0.2) is 70.9 Å². The SMILES string of the molecule is CC1=NC2=C(C(=O)CC(c3ccccc3)C2)C(c2ccccc2OC(C)C)C1C#N. The predicted molar refractivity (Wildman–Crippen MR) is 118 cm³/mol. The van der Waals surface area contributed by atoms with E-state index in [-0.39, 0.29) is 23.7 Å². The maximum atomic E-state index is 13.4. The Labute approximate surface area is 177 Å². The van der Waals surface area contributed by atoms with Crippen LogP contribution in [0.3, 0.4) is 0 Å². The number of Topliss-reactive ketones (excluding diaryl/α,β-unsaturated/α-hetero) is 1. The van der Waals surface area contributed by atoms with Crippen LogP contribution in [0, 0.1) is 17.2 Å². The summed E-state index contributed by atoms with van der Waals surface area (Å²) in [6, 6.07) is 20.3. The molecule has 0 fully saturated rings. The molecule has 0 radical (unpaired) electrons. The zero-order valence-corrected chi connectivity index (χ0v) is 17.6. The van der Waals surface area contributed by atoms with Gasteiger partial charge in [-0.05, 0) is 44.7 Å². The van der Waals surface area contributed by atoms with E-state index >= 15 is 0 Å². The number of rotatable bonds is 4. The molecule has 3 atom stereocenters. The minimum absolute atomic E-state index is 0.00279. The third-order valence-electron chi connectivity index (χ3n) is 5.92. The van der Waals surface area contributed by atoms with E-state index in [0.29, 0.717) is 18.4 Å². The van der Waals surface area contributed by atoms with E-state index in [4.69, 9.17) is 9.73 Å². The van der Waals surface area contributed by atoms with Crippen molar-refractivity contribution in [3.63, 3.8) is 0 Å². The van der Waals surface area contributed by atoms with Crippen LogP contribution in [-0.2, 0) is 4.79 Å². The predicted octanol–water partition coefficient (Wildman–Crippen LogP) is 5.57. The molecule has 30 heavy (non-hydrogen) atoms. The quantitative estimate of drug-likeness (QED) is 0.676. The summed E-state index contributed by atoms with van der Waals surface area (Å²) in [5.41, 5.74) is 4.34. The number of ether oxygens (including phenoxy) is 1. The smallest absolute Gasteiger partial charge is 0.161 e. The molecule has 4 heteroatoms. The normalized spacial score (nSPS) is 23.6. The van der Waals surface area contributed by atoms with Gasteiger partial charge in [0.25, 0.3) is 0 Å². The topological polar surface area (TPSA) is 62.4 Å². The molecule has 1 heterocycles. The lowest BCUT2D eigenvalue weighted by molar-refractivity contribution is -0.116. The van der Waals surface area contributed by atoms with Crippen molar-refractivity contribution in [2.24, 2.45) is 10.9 Å². The zero-order chi connectivity index (χ0) is 21.3. The number of benzene rings is 2. The number of ketones is 1. The van der Waals surface area contributed by atoms with Crippen LogP contribution >= 0.6 is 0 Å². The maximum Gasteiger partial charge on any atom is 0.161 e. The molecule has 3 unspecified atom stereocenters. The molecule has 0 aromatic heterocycles. The minimum atomic E-state index is -0.474. The summed E-state index contributed by atoms with van der Waals surface area (Å²) in [4.78, 5) is 18.2. The molecule has 0 saturated carbocycles. The van der Waals surface area contributed by atoms with E-state index in [1.807, 2.05) is 63.2 Å². The van der Waals surface area contributed by atoms with Gasteiger partial charge in [-0.15, -0.1) is 0 Å². The molecule has 0 N–H and O–H groups in total. The van der Waals surface area contributed by atoms with E-state index in [1.165, 1.54) is 0 Å². The zero-order valence-electron chi connectivity index (χ0n) is 17.6. The molecule has 2 aromatic carbocycles. The van der Waals surface area contributed by atoms with Gasteiger partial charge in [0, 0.05) is 34.9 Å². The monoisotopic (exact) mass is 398 g/mol. The number of allylic oxidation sites excluding steroid dienone is 2. The van der Waals surface area contributed by atoms with Crippen molar-refractivity contribution >= 4 is 11.5 Å². The van der Waals surface area contributed by atoms with Gasteiger partial charge in [0.15, 0.2) is 5.78 Å². The maximum absolute atomic E-state index is 13.4. The molecule has 2 aromatic rings. The summed E-state index contributed by atoms with van der Waals surface area (Å²) in [6.45, 7) is 5.85. The summed E-state index contributed by atoms with van der Waals surface area (Å²) in [5.74, 6) is 0.123. The molecule has 0 spiro atoms. The van der Waals surface area contributed by atoms with E-state index < -0.39 is 5.92 Å². The molecule has 2 aliphatic rings. The van der Waals surface area contributed by atoms with Gasteiger partial charge < -0.3 is 4.74 Å². The van der Waals surface area contributed by atoms with Crippen molar-refractivity contribution in [1.82, 2.24) is 0 Å². The van der Waals surface area contributed by atoms with Crippen LogP contribution in [-0.4, -0.2) is 17.6 Å². The van der Waals surface area contributed by atoms with Crippen LogP contribution in [0.1, 0.15) is 56.6 Å². The molecule has 0 amide bonds. The molecule has 152 valence electrons. The van der Waals surface area contributed by atoms with E-state index in [9.17, 15) is 10.1 Å². The number of carbonyl (C=O) groups is 1. The van der Waals surface area contributed by atoms with Crippen molar-refractivity contribution in [2.75, 3.05) is 0 Å². The van der Waals surface area contributed by atoms with Crippen LogP contribution in [0.4, 0.5) is 0 Å². The lowest BCUT2D eigenvalue weighted by atomic mass is 9.69. The molecule has 0 saturated heterocycles. The van der Waals surface area contributed by atoms with Gasteiger partial charge in [0.2, 0.25) is 0 Å². The van der Waals surface area contributed by atoms with Gasteiger partial charge in [-0.1, -0.05) is 48.5 Å². The summed E-state index contributed by atoms with van der Waals surface area (Å²) in [6.07, 6.45) is 1.16. The Morgan fingerprint density at radius 1 is 1.07 bits per heavy atom. The Balaban J connectivity index is 1.82. The van der Waals surface area contributed by atoms with Crippen molar-refractivity contribution in [2.45, 2.75) is 51.6 Å². The highest BCUT2D eigenvalue weighted by Gasteiger charge is 2.42. The van der Waals surface area contributed by atoms with Crippen LogP contribution < -0.4 is 4.74 Å². The Kier molecular flexibility index (Phi) is 5.55. The first kappa shape index (κ1) is 20.1. The van der Waals surface area contributed by atoms with Crippen molar-refractivity contribution < 1.29 is 9.53 Å². The van der Waals surface area contributed by atoms with Gasteiger partial charge in [-0.2, -0.15) is 5.26 Å². The number of para-hydroxylation sites is 1. The van der Waals surface area contributed by atoms with Gasteiger partial charge in [-0.3, -0.25) is 9.79 Å². The third-order valence-corrected chi connectivity index (χ3v) is 5.92. The fourth-order valence-corrected chi connectivity index (χ4v) is 4.62. The summed E-state index contributed by atoms with van der Waals surface area (Å²) in [5, 5.41) is 9.97. The van der Waals surface area contributed by atoms with Gasteiger partial charge in [-0.25, -0.2) is 0 Å². The molecular weight excluding hydrogens is 372 g/mol. The van der Waals surface area contributed by atoms with Crippen LogP contribution in [0.2, 0.25) is 0 Å². The lowest BCUT2D eigenvalue weighted by Gasteiger charge is -2.35. The van der Waals surface area contributed by atoms with Gasteiger partial charge in [0.05, 0.1) is 18.1 Å². The molecular formula is C26H26N2O2. The Morgan fingerprint density at radius 2 is 1.77 bits per heavy atom. The summed E-state index contributed by atoms with van der Waals surface area (Å²) < 4.78 is 6.05. The average molecular weight is 399 g/mol. The average Bonchev–Trinajstić information content (AvgIpc) is 2.73. The van der Waals surface area contributed by atoms with E-state index in [0.717, 1.165) is 28.3 Å². The first-order chi connectivity index (χ1) is 14.5. The van der Waals surface area contributed by atoms with Gasteiger partial charge >= 0.3 is 0 Å². The second-order valence-electron chi connectivity index (χ2n) is 8.34. The second kappa shape index (κ2) is 8.28. The van der Waals surface area contributed by atoms with E-state index in [2.05, 4.69) is 18.2 Å². The highest BCUT2D eigenvalue weighted by Crippen LogP contribution is 2.48. The fourth-order valence-electron chi connectivity index (χ4n) is 4.62. The van der Waals surface area contributed by atoms with Crippen LogP contribution in [0.25, 0.3) is 0 Å². The molecule has 1 aliphatic carbocycles. The lowest BCUT2D eigenvalue weighted by Crippen LogP contribution is -2.32. The molecule has 4 nitrogen and oxygen atoms in total. The Bertz CT molecular complexity index is 1060. The summed E-state index contributed by atoms with van der Waals surface area (Å²) in [7, 11) is 0. The van der Waals surface area contributed by atoms with Crippen LogP contribution in [0.5, 0.6) is 5.75 Å². The van der Waals surface area contributed by atoms with Crippen molar-refractivity contribution in [1.29, 1.82) is 5.26 Å². The second-order valence-corrected chi connectivity index (χ2v) is 8.34. The third kappa shape index (κ3) is 3.68. The number of aliphatic imine (C=N–C) groups is 1.